The van der Waals surface area contributed by atoms with Crippen molar-refractivity contribution in [3.05, 3.63) is 21.3 Å². The van der Waals surface area contributed by atoms with Gasteiger partial charge in [-0.3, -0.25) is 4.79 Å². The summed E-state index contributed by atoms with van der Waals surface area (Å²) >= 11 is 2.07. The number of rotatable bonds is 1. The van der Waals surface area contributed by atoms with Crippen LogP contribution >= 0.6 is 22.6 Å². The maximum atomic E-state index is 10.5. The minimum Gasteiger partial charge on any atom is -0.454 e. The van der Waals surface area contributed by atoms with E-state index in [9.17, 15) is 4.79 Å². The summed E-state index contributed by atoms with van der Waals surface area (Å²) in [6, 6.07) is 3.47. The minimum atomic E-state index is 0.244. The topological polar surface area (TPSA) is 35.5 Å². The second-order valence-corrected chi connectivity index (χ2v) is 3.40. The molecule has 0 spiro atoms. The van der Waals surface area contributed by atoms with Crippen LogP contribution in [0.2, 0.25) is 0 Å². The van der Waals surface area contributed by atoms with Crippen molar-refractivity contribution in [1.29, 1.82) is 0 Å². The first-order valence-corrected chi connectivity index (χ1v) is 4.44. The number of aldehydes is 1. The summed E-state index contributed by atoms with van der Waals surface area (Å²) in [5.74, 6) is 1.39. The maximum absolute atomic E-state index is 10.5. The van der Waals surface area contributed by atoms with Crippen molar-refractivity contribution in [1.82, 2.24) is 0 Å². The van der Waals surface area contributed by atoms with Crippen molar-refractivity contribution >= 4 is 28.9 Å². The predicted octanol–water partition coefficient (Wildman–Crippen LogP) is 1.83. The second kappa shape index (κ2) is 2.93. The average molecular weight is 276 g/mol. The first kappa shape index (κ1) is 7.85. The summed E-state index contributed by atoms with van der Waals surface area (Å²) in [6.07, 6.45) is 0.809. The number of fused-ring (bicyclic) bond motifs is 1. The van der Waals surface area contributed by atoms with E-state index in [0.29, 0.717) is 17.1 Å². The SMILES string of the molecule is O=Cc1ccc2c(c1I)OCO2. The standard InChI is InChI=1S/C8H5IO3/c9-7-5(3-10)1-2-6-8(7)12-4-11-6/h1-3H,4H2. The van der Waals surface area contributed by atoms with E-state index in [-0.39, 0.29) is 6.79 Å². The Bertz CT molecular complexity index is 335. The molecule has 1 aromatic carbocycles. The molecule has 0 unspecified atom stereocenters. The highest BCUT2D eigenvalue weighted by molar-refractivity contribution is 14.1. The van der Waals surface area contributed by atoms with E-state index in [1.807, 2.05) is 0 Å². The molecule has 1 aromatic rings. The van der Waals surface area contributed by atoms with Gasteiger partial charge in [0.2, 0.25) is 6.79 Å². The van der Waals surface area contributed by atoms with E-state index in [1.165, 1.54) is 0 Å². The Labute approximate surface area is 82.8 Å². The summed E-state index contributed by atoms with van der Waals surface area (Å²) in [5.41, 5.74) is 0.639. The molecule has 0 aromatic heterocycles. The number of hydrogen-bond acceptors (Lipinski definition) is 3. The highest BCUT2D eigenvalue weighted by Gasteiger charge is 2.18. The van der Waals surface area contributed by atoms with E-state index < -0.39 is 0 Å². The third-order valence-electron chi connectivity index (χ3n) is 1.64. The molecule has 4 heteroatoms. The van der Waals surface area contributed by atoms with E-state index in [4.69, 9.17) is 9.47 Å². The monoisotopic (exact) mass is 276 g/mol. The van der Waals surface area contributed by atoms with Crippen molar-refractivity contribution in [3.8, 4) is 11.5 Å². The molecule has 0 amide bonds. The van der Waals surface area contributed by atoms with E-state index in [1.54, 1.807) is 12.1 Å². The lowest BCUT2D eigenvalue weighted by atomic mass is 10.2. The Kier molecular flexibility index (Phi) is 1.92. The largest absolute Gasteiger partial charge is 0.454 e. The van der Waals surface area contributed by atoms with Crippen LogP contribution in [0.4, 0.5) is 0 Å². The van der Waals surface area contributed by atoms with Gasteiger partial charge in [0, 0.05) is 5.56 Å². The molecule has 0 fully saturated rings. The van der Waals surface area contributed by atoms with Gasteiger partial charge in [0.15, 0.2) is 17.8 Å². The van der Waals surface area contributed by atoms with Crippen LogP contribution in [0.25, 0.3) is 0 Å². The fourth-order valence-electron chi connectivity index (χ4n) is 1.04. The highest BCUT2D eigenvalue weighted by Crippen LogP contribution is 2.37. The van der Waals surface area contributed by atoms with Crippen LogP contribution in [-0.2, 0) is 0 Å². The van der Waals surface area contributed by atoms with Crippen LogP contribution in [0, 0.1) is 3.57 Å². The fraction of sp³-hybridized carbons (Fsp3) is 0.125. The predicted molar refractivity (Wildman–Crippen MR) is 50.7 cm³/mol. The van der Waals surface area contributed by atoms with Crippen molar-refractivity contribution in [3.63, 3.8) is 0 Å². The van der Waals surface area contributed by atoms with Gasteiger partial charge in [-0.1, -0.05) is 0 Å². The van der Waals surface area contributed by atoms with Gasteiger partial charge in [0.25, 0.3) is 0 Å². The van der Waals surface area contributed by atoms with Gasteiger partial charge in [0.1, 0.15) is 0 Å². The zero-order valence-corrected chi connectivity index (χ0v) is 8.20. The first-order valence-electron chi connectivity index (χ1n) is 3.36. The maximum Gasteiger partial charge on any atom is 0.231 e. The summed E-state index contributed by atoms with van der Waals surface area (Å²) < 4.78 is 11.1. The number of carbonyl (C=O) groups is 1. The molecule has 0 aliphatic carbocycles. The molecule has 62 valence electrons. The van der Waals surface area contributed by atoms with Crippen molar-refractivity contribution in [2.24, 2.45) is 0 Å². The number of halogens is 1. The lowest BCUT2D eigenvalue weighted by Gasteiger charge is -2.00. The number of hydrogen-bond donors (Lipinski definition) is 0. The van der Waals surface area contributed by atoms with Gasteiger partial charge in [0.05, 0.1) is 3.57 Å². The molecular weight excluding hydrogens is 271 g/mol. The quantitative estimate of drug-likeness (QED) is 0.580. The zero-order valence-electron chi connectivity index (χ0n) is 6.04. The fourth-order valence-corrected chi connectivity index (χ4v) is 1.77. The molecule has 0 saturated carbocycles. The van der Waals surface area contributed by atoms with Crippen LogP contribution in [0.1, 0.15) is 10.4 Å². The van der Waals surface area contributed by atoms with Crippen molar-refractivity contribution in [2.75, 3.05) is 6.79 Å². The van der Waals surface area contributed by atoms with E-state index in [0.717, 1.165) is 9.86 Å². The summed E-state index contributed by atoms with van der Waals surface area (Å²) in [6.45, 7) is 0.244. The van der Waals surface area contributed by atoms with E-state index in [2.05, 4.69) is 22.6 Å². The third kappa shape index (κ3) is 1.06. The zero-order chi connectivity index (χ0) is 8.55. The average Bonchev–Trinajstić information content (AvgIpc) is 2.53. The molecule has 0 saturated heterocycles. The summed E-state index contributed by atoms with van der Waals surface area (Å²) in [4.78, 5) is 10.5. The smallest absolute Gasteiger partial charge is 0.231 e. The molecule has 1 aliphatic rings. The molecule has 2 rings (SSSR count). The first-order chi connectivity index (χ1) is 5.83. The van der Waals surface area contributed by atoms with Gasteiger partial charge in [-0.25, -0.2) is 0 Å². The molecule has 0 radical (unpaired) electrons. The molecule has 3 nitrogen and oxygen atoms in total. The Morgan fingerprint density at radius 2 is 2.25 bits per heavy atom. The van der Waals surface area contributed by atoms with Crippen molar-refractivity contribution in [2.45, 2.75) is 0 Å². The van der Waals surface area contributed by atoms with Crippen LogP contribution < -0.4 is 9.47 Å². The molecule has 1 heterocycles. The normalized spacial score (nSPS) is 13.1. The second-order valence-electron chi connectivity index (χ2n) is 2.32. The van der Waals surface area contributed by atoms with Gasteiger partial charge in [-0.15, -0.1) is 0 Å². The Morgan fingerprint density at radius 3 is 3.00 bits per heavy atom. The Morgan fingerprint density at radius 1 is 1.42 bits per heavy atom. The lowest BCUT2D eigenvalue weighted by Crippen LogP contribution is -1.94. The van der Waals surface area contributed by atoms with Gasteiger partial charge < -0.3 is 9.47 Å². The Balaban J connectivity index is 2.61. The van der Waals surface area contributed by atoms with Gasteiger partial charge in [-0.2, -0.15) is 0 Å². The molecule has 0 bridgehead atoms. The number of ether oxygens (including phenoxy) is 2. The molecular formula is C8H5IO3. The summed E-state index contributed by atoms with van der Waals surface area (Å²) in [7, 11) is 0. The van der Waals surface area contributed by atoms with Gasteiger partial charge in [-0.05, 0) is 34.7 Å². The lowest BCUT2D eigenvalue weighted by molar-refractivity contribution is 0.112. The Hall–Kier alpha value is -0.780. The van der Waals surface area contributed by atoms with Crippen molar-refractivity contribution < 1.29 is 14.3 Å². The number of carbonyl (C=O) groups excluding carboxylic acids is 1. The third-order valence-corrected chi connectivity index (χ3v) is 2.75. The molecule has 0 atom stereocenters. The minimum absolute atomic E-state index is 0.244. The van der Waals surface area contributed by atoms with Crippen LogP contribution in [0.15, 0.2) is 12.1 Å². The number of benzene rings is 1. The molecule has 0 N–H and O–H groups in total. The van der Waals surface area contributed by atoms with Crippen LogP contribution in [0.3, 0.4) is 0 Å². The van der Waals surface area contributed by atoms with Crippen LogP contribution in [0.5, 0.6) is 11.5 Å². The highest BCUT2D eigenvalue weighted by atomic mass is 127. The van der Waals surface area contributed by atoms with Gasteiger partial charge >= 0.3 is 0 Å². The summed E-state index contributed by atoms with van der Waals surface area (Å²) in [5, 5.41) is 0. The molecule has 1 aliphatic heterocycles. The van der Waals surface area contributed by atoms with Crippen LogP contribution in [-0.4, -0.2) is 13.1 Å². The van der Waals surface area contributed by atoms with E-state index >= 15 is 0 Å². The molecule has 12 heavy (non-hydrogen) atoms.